The van der Waals surface area contributed by atoms with Gasteiger partial charge in [-0.1, -0.05) is 6.92 Å². The van der Waals surface area contributed by atoms with Crippen molar-refractivity contribution in [3.8, 4) is 0 Å². The first-order valence-corrected chi connectivity index (χ1v) is 13.2. The van der Waals surface area contributed by atoms with Gasteiger partial charge in [-0.05, 0) is 57.1 Å². The highest BCUT2D eigenvalue weighted by molar-refractivity contribution is 7.20. The number of thiophene rings is 2. The number of amides is 1. The van der Waals surface area contributed by atoms with Crippen LogP contribution in [0.2, 0.25) is 0 Å². The van der Waals surface area contributed by atoms with Gasteiger partial charge >= 0.3 is 11.9 Å². The Morgan fingerprint density at radius 2 is 1.89 bits per heavy atom. The Morgan fingerprint density at radius 3 is 2.60 bits per heavy atom. The van der Waals surface area contributed by atoms with Gasteiger partial charge in [-0.3, -0.25) is 14.2 Å². The van der Waals surface area contributed by atoms with Crippen molar-refractivity contribution in [2.24, 2.45) is 5.92 Å². The Bertz CT molecular complexity index is 1370. The van der Waals surface area contributed by atoms with E-state index in [1.165, 1.54) is 22.2 Å². The average molecular weight is 518 g/mol. The molecule has 9 nitrogen and oxygen atoms in total. The summed E-state index contributed by atoms with van der Waals surface area (Å²) in [4.78, 5) is 57.1. The van der Waals surface area contributed by atoms with Crippen molar-refractivity contribution < 1.29 is 23.9 Å². The van der Waals surface area contributed by atoms with Crippen LogP contribution in [0.4, 0.5) is 5.00 Å². The van der Waals surface area contributed by atoms with Gasteiger partial charge < -0.3 is 14.8 Å². The zero-order chi connectivity index (χ0) is 25.3. The number of nitrogens with one attached hydrogen (secondary N) is 1. The first-order chi connectivity index (χ1) is 16.7. The summed E-state index contributed by atoms with van der Waals surface area (Å²) in [5.41, 5.74) is 1.43. The maximum atomic E-state index is 13.1. The molecule has 11 heteroatoms. The van der Waals surface area contributed by atoms with Crippen LogP contribution < -0.4 is 10.9 Å². The maximum Gasteiger partial charge on any atom is 0.348 e. The Kier molecular flexibility index (Phi) is 7.36. The second kappa shape index (κ2) is 10.3. The molecule has 0 aromatic carbocycles. The van der Waals surface area contributed by atoms with E-state index in [0.717, 1.165) is 41.0 Å². The molecule has 3 aromatic heterocycles. The lowest BCUT2D eigenvalue weighted by Crippen LogP contribution is -2.28. The van der Waals surface area contributed by atoms with Gasteiger partial charge in [-0.2, -0.15) is 0 Å². The number of rotatable bonds is 7. The van der Waals surface area contributed by atoms with Gasteiger partial charge in [0.15, 0.2) is 0 Å². The van der Waals surface area contributed by atoms with E-state index in [0.29, 0.717) is 37.1 Å². The SMILES string of the molecule is CCOC(=O)c1sc2ncn(CC(=O)Nc3sc4c(c3C(=O)OCC)CCC(C)C4)c(=O)c2c1C. The lowest BCUT2D eigenvalue weighted by atomic mass is 9.88. The van der Waals surface area contributed by atoms with E-state index < -0.39 is 23.4 Å². The third kappa shape index (κ3) is 4.87. The van der Waals surface area contributed by atoms with Gasteiger partial charge in [0.1, 0.15) is 21.3 Å². The van der Waals surface area contributed by atoms with Crippen LogP contribution in [0.5, 0.6) is 0 Å². The topological polar surface area (TPSA) is 117 Å². The first-order valence-electron chi connectivity index (χ1n) is 11.5. The fraction of sp³-hybridized carbons (Fsp3) is 0.458. The Morgan fingerprint density at radius 1 is 1.17 bits per heavy atom. The van der Waals surface area contributed by atoms with Gasteiger partial charge in [0.25, 0.3) is 5.56 Å². The molecule has 1 aliphatic carbocycles. The number of aryl methyl sites for hydroxylation is 1. The second-order valence-electron chi connectivity index (χ2n) is 8.46. The average Bonchev–Trinajstić information content (AvgIpc) is 3.33. The van der Waals surface area contributed by atoms with E-state index in [-0.39, 0.29) is 19.8 Å². The third-order valence-electron chi connectivity index (χ3n) is 5.94. The minimum atomic E-state index is -0.501. The summed E-state index contributed by atoms with van der Waals surface area (Å²) in [6.07, 6.45) is 3.88. The summed E-state index contributed by atoms with van der Waals surface area (Å²) in [6, 6.07) is 0. The summed E-state index contributed by atoms with van der Waals surface area (Å²) in [5.74, 6) is -0.900. The number of carbonyl (C=O) groups excluding carboxylic acids is 3. The largest absolute Gasteiger partial charge is 0.462 e. The van der Waals surface area contributed by atoms with Crippen LogP contribution in [0.15, 0.2) is 11.1 Å². The lowest BCUT2D eigenvalue weighted by Gasteiger charge is -2.18. The smallest absolute Gasteiger partial charge is 0.348 e. The number of nitrogens with zero attached hydrogens (tertiary/aromatic N) is 2. The van der Waals surface area contributed by atoms with E-state index >= 15 is 0 Å². The van der Waals surface area contributed by atoms with Gasteiger partial charge in [-0.15, -0.1) is 22.7 Å². The summed E-state index contributed by atoms with van der Waals surface area (Å²) >= 11 is 2.49. The van der Waals surface area contributed by atoms with Crippen molar-refractivity contribution in [1.82, 2.24) is 9.55 Å². The predicted molar refractivity (Wildman–Crippen MR) is 135 cm³/mol. The second-order valence-corrected chi connectivity index (χ2v) is 10.6. The molecule has 1 aliphatic rings. The van der Waals surface area contributed by atoms with Crippen molar-refractivity contribution in [2.75, 3.05) is 18.5 Å². The van der Waals surface area contributed by atoms with E-state index in [1.54, 1.807) is 20.8 Å². The van der Waals surface area contributed by atoms with Crippen LogP contribution >= 0.6 is 22.7 Å². The van der Waals surface area contributed by atoms with Crippen LogP contribution in [0, 0.1) is 12.8 Å². The standard InChI is InChI=1S/C24H27N3O6S2/c1-5-32-23(30)18-14-8-7-12(3)9-15(14)34-21(18)26-16(28)10-27-11-25-20-17(22(27)29)13(4)19(35-20)24(31)33-6-2/h11-12H,5-10H2,1-4H3,(H,26,28). The normalized spacial score (nSPS) is 15.0. The van der Waals surface area contributed by atoms with Crippen molar-refractivity contribution in [2.45, 2.75) is 53.5 Å². The zero-order valence-corrected chi connectivity index (χ0v) is 21.7. The molecule has 3 aromatic rings. The highest BCUT2D eigenvalue weighted by atomic mass is 32.1. The number of carbonyl (C=O) groups is 3. The summed E-state index contributed by atoms with van der Waals surface area (Å²) in [6.45, 7) is 7.47. The molecule has 1 unspecified atom stereocenters. The Labute approximate surface area is 210 Å². The van der Waals surface area contributed by atoms with E-state index in [4.69, 9.17) is 9.47 Å². The molecular weight excluding hydrogens is 490 g/mol. The first kappa shape index (κ1) is 25.1. The number of hydrogen-bond donors (Lipinski definition) is 1. The highest BCUT2D eigenvalue weighted by Crippen LogP contribution is 2.40. The summed E-state index contributed by atoms with van der Waals surface area (Å²) in [5, 5.41) is 3.56. The van der Waals surface area contributed by atoms with E-state index in [2.05, 4.69) is 17.2 Å². The molecular formula is C24H27N3O6S2. The van der Waals surface area contributed by atoms with Crippen LogP contribution in [-0.2, 0) is 33.7 Å². The van der Waals surface area contributed by atoms with E-state index in [9.17, 15) is 19.2 Å². The van der Waals surface area contributed by atoms with Crippen LogP contribution in [0.25, 0.3) is 10.2 Å². The molecule has 0 aliphatic heterocycles. The quantitative estimate of drug-likeness (QED) is 0.472. The predicted octanol–water partition coefficient (Wildman–Crippen LogP) is 3.94. The molecule has 0 radical (unpaired) electrons. The molecule has 3 heterocycles. The van der Waals surface area contributed by atoms with Gasteiger partial charge in [-0.25, -0.2) is 14.6 Å². The molecule has 186 valence electrons. The number of hydrogen-bond acceptors (Lipinski definition) is 9. The molecule has 0 fully saturated rings. The summed E-state index contributed by atoms with van der Waals surface area (Å²) < 4.78 is 11.5. The molecule has 4 rings (SSSR count). The number of esters is 2. The van der Waals surface area contributed by atoms with Gasteiger partial charge in [0, 0.05) is 4.88 Å². The molecule has 35 heavy (non-hydrogen) atoms. The molecule has 0 saturated heterocycles. The van der Waals surface area contributed by atoms with Crippen LogP contribution in [0.3, 0.4) is 0 Å². The molecule has 0 saturated carbocycles. The molecule has 0 bridgehead atoms. The molecule has 1 atom stereocenters. The zero-order valence-electron chi connectivity index (χ0n) is 20.1. The Balaban J connectivity index is 1.61. The summed E-state index contributed by atoms with van der Waals surface area (Å²) in [7, 11) is 0. The highest BCUT2D eigenvalue weighted by Gasteiger charge is 2.29. The Hall–Kier alpha value is -3.05. The fourth-order valence-electron chi connectivity index (χ4n) is 4.24. The number of aromatic nitrogens is 2. The van der Waals surface area contributed by atoms with E-state index in [1.807, 2.05) is 0 Å². The van der Waals surface area contributed by atoms with Crippen molar-refractivity contribution >= 4 is 55.7 Å². The number of fused-ring (bicyclic) bond motifs is 2. The van der Waals surface area contributed by atoms with Crippen molar-refractivity contribution in [3.05, 3.63) is 43.1 Å². The number of anilines is 1. The van der Waals surface area contributed by atoms with Crippen LogP contribution in [-0.4, -0.2) is 40.6 Å². The van der Waals surface area contributed by atoms with Gasteiger partial charge in [0.05, 0.1) is 30.5 Å². The van der Waals surface area contributed by atoms with Gasteiger partial charge in [0.2, 0.25) is 5.91 Å². The molecule has 1 amide bonds. The fourth-order valence-corrected chi connectivity index (χ4v) is 6.69. The molecule has 1 N–H and O–H groups in total. The van der Waals surface area contributed by atoms with Crippen molar-refractivity contribution in [3.63, 3.8) is 0 Å². The minimum Gasteiger partial charge on any atom is -0.462 e. The van der Waals surface area contributed by atoms with Crippen LogP contribution in [0.1, 0.15) is 63.2 Å². The van der Waals surface area contributed by atoms with Crippen molar-refractivity contribution in [1.29, 1.82) is 0 Å². The molecule has 0 spiro atoms. The minimum absolute atomic E-state index is 0.225. The lowest BCUT2D eigenvalue weighted by molar-refractivity contribution is -0.116. The monoisotopic (exact) mass is 517 g/mol. The number of ether oxygens (including phenoxy) is 2. The third-order valence-corrected chi connectivity index (χ3v) is 8.29. The maximum absolute atomic E-state index is 13.1.